The molecule has 2 N–H and O–H groups in total. The normalized spacial score (nSPS) is 11.8. The van der Waals surface area contributed by atoms with E-state index in [1.807, 2.05) is 0 Å². The van der Waals surface area contributed by atoms with Crippen molar-refractivity contribution in [2.45, 2.75) is 71.1 Å². The first-order chi connectivity index (χ1) is 14.1. The number of unbranched alkanes of at least 4 members (excludes halogenated alkanes) is 5. The lowest BCUT2D eigenvalue weighted by Gasteiger charge is -2.10. The topological polar surface area (TPSA) is 66.8 Å². The van der Waals surface area contributed by atoms with E-state index in [0.29, 0.717) is 6.42 Å². The first-order valence-electron chi connectivity index (χ1n) is 10.7. The molecule has 0 aromatic heterocycles. The molecule has 29 heavy (non-hydrogen) atoms. The molecule has 0 fully saturated rings. The van der Waals surface area contributed by atoms with E-state index in [9.17, 15) is 15.0 Å². The van der Waals surface area contributed by atoms with Gasteiger partial charge in [-0.15, -0.1) is 0 Å². The Morgan fingerprint density at radius 3 is 2.21 bits per heavy atom. The first-order valence-corrected chi connectivity index (χ1v) is 10.7. The molecule has 0 saturated carbocycles. The van der Waals surface area contributed by atoms with E-state index < -0.39 is 0 Å². The molecule has 0 heterocycles. The minimum atomic E-state index is -0.231. The number of ketones is 1. The van der Waals surface area contributed by atoms with Crippen LogP contribution in [0.2, 0.25) is 0 Å². The molecule has 0 aliphatic carbocycles. The molecule has 0 aliphatic heterocycles. The van der Waals surface area contributed by atoms with Crippen molar-refractivity contribution in [1.82, 2.24) is 0 Å². The van der Waals surface area contributed by atoms with Gasteiger partial charge in [0.15, 0.2) is 5.78 Å². The van der Waals surface area contributed by atoms with Crippen LogP contribution in [0, 0.1) is 0 Å². The number of methoxy groups -OCH3 is 1. The summed E-state index contributed by atoms with van der Waals surface area (Å²) in [5, 5.41) is 19.4. The van der Waals surface area contributed by atoms with Gasteiger partial charge < -0.3 is 14.9 Å². The van der Waals surface area contributed by atoms with E-state index in [4.69, 9.17) is 4.74 Å². The molecule has 160 valence electrons. The Bertz CT molecular complexity index is 686. The number of hydrogen-bond donors (Lipinski definition) is 2. The van der Waals surface area contributed by atoms with E-state index in [1.165, 1.54) is 25.7 Å². The summed E-state index contributed by atoms with van der Waals surface area (Å²) in [5.41, 5.74) is 0.158. The van der Waals surface area contributed by atoms with Crippen LogP contribution >= 0.6 is 0 Å². The van der Waals surface area contributed by atoms with Crippen molar-refractivity contribution in [2.75, 3.05) is 7.11 Å². The molecule has 1 aromatic carbocycles. The highest BCUT2D eigenvalue weighted by Gasteiger charge is 2.18. The second-order valence-electron chi connectivity index (χ2n) is 7.07. The average Bonchev–Trinajstić information content (AvgIpc) is 2.70. The molecular formula is C25H36O4. The molecule has 4 nitrogen and oxygen atoms in total. The van der Waals surface area contributed by atoms with E-state index in [1.54, 1.807) is 0 Å². The zero-order valence-electron chi connectivity index (χ0n) is 17.9. The summed E-state index contributed by atoms with van der Waals surface area (Å²) in [6.45, 7) is 2.14. The van der Waals surface area contributed by atoms with Crippen molar-refractivity contribution in [2.24, 2.45) is 0 Å². The van der Waals surface area contributed by atoms with E-state index in [0.717, 1.165) is 51.4 Å². The summed E-state index contributed by atoms with van der Waals surface area (Å²) >= 11 is 0. The number of carbonyl (C=O) groups is 1. The molecule has 0 atom stereocenters. The monoisotopic (exact) mass is 400 g/mol. The van der Waals surface area contributed by atoms with Crippen LogP contribution in [0.15, 0.2) is 48.6 Å². The largest absolute Gasteiger partial charge is 0.508 e. The molecule has 0 unspecified atom stereocenters. The highest BCUT2D eigenvalue weighted by atomic mass is 16.5. The van der Waals surface area contributed by atoms with E-state index >= 15 is 0 Å². The van der Waals surface area contributed by atoms with Crippen LogP contribution in [0.4, 0.5) is 0 Å². The van der Waals surface area contributed by atoms with Gasteiger partial charge in [0.25, 0.3) is 0 Å². The summed E-state index contributed by atoms with van der Waals surface area (Å²) in [7, 11) is 1.42. The number of hydrogen-bond acceptors (Lipinski definition) is 4. The number of benzene rings is 1. The maximum absolute atomic E-state index is 12.4. The highest BCUT2D eigenvalue weighted by Crippen LogP contribution is 2.33. The van der Waals surface area contributed by atoms with Crippen LogP contribution in [0.1, 0.15) is 81.5 Å². The molecule has 0 aliphatic rings. The minimum absolute atomic E-state index is 0.120. The predicted octanol–water partition coefficient (Wildman–Crippen LogP) is 6.88. The molecule has 0 spiro atoms. The summed E-state index contributed by atoms with van der Waals surface area (Å²) in [4.78, 5) is 12.4. The highest BCUT2D eigenvalue weighted by molar-refractivity contribution is 6.01. The number of allylic oxidation sites excluding steroid dienone is 6. The van der Waals surface area contributed by atoms with E-state index in [2.05, 4.69) is 43.4 Å². The van der Waals surface area contributed by atoms with Crippen molar-refractivity contribution in [3.05, 3.63) is 54.2 Å². The van der Waals surface area contributed by atoms with E-state index in [-0.39, 0.29) is 28.6 Å². The van der Waals surface area contributed by atoms with Crippen LogP contribution in [0.25, 0.3) is 0 Å². The number of phenols is 2. The third kappa shape index (κ3) is 10.6. The summed E-state index contributed by atoms with van der Waals surface area (Å²) in [5.74, 6) is -0.289. The minimum Gasteiger partial charge on any atom is -0.508 e. The molecule has 4 heteroatoms. The average molecular weight is 401 g/mol. The Balaban J connectivity index is 2.12. The Kier molecular flexibility index (Phi) is 13.1. The van der Waals surface area contributed by atoms with Crippen molar-refractivity contribution in [3.8, 4) is 17.2 Å². The fourth-order valence-electron chi connectivity index (χ4n) is 3.06. The zero-order valence-corrected chi connectivity index (χ0v) is 17.9. The number of aromatic hydroxyl groups is 2. The van der Waals surface area contributed by atoms with Gasteiger partial charge in [-0.25, -0.2) is 0 Å². The molecular weight excluding hydrogens is 364 g/mol. The van der Waals surface area contributed by atoms with Gasteiger partial charge in [-0.3, -0.25) is 4.79 Å². The first kappa shape index (κ1) is 24.5. The maximum atomic E-state index is 12.4. The maximum Gasteiger partial charge on any atom is 0.170 e. The van der Waals surface area contributed by atoms with Crippen LogP contribution in [0.5, 0.6) is 17.2 Å². The van der Waals surface area contributed by atoms with Gasteiger partial charge in [0.05, 0.1) is 7.11 Å². The van der Waals surface area contributed by atoms with Crippen molar-refractivity contribution >= 4 is 5.78 Å². The smallest absolute Gasteiger partial charge is 0.170 e. The molecule has 0 radical (unpaired) electrons. The number of phenolic OH excluding ortho intramolecular Hbond substituents is 2. The van der Waals surface area contributed by atoms with Crippen LogP contribution in [0.3, 0.4) is 0 Å². The number of rotatable bonds is 15. The van der Waals surface area contributed by atoms with Crippen LogP contribution in [-0.4, -0.2) is 23.1 Å². The van der Waals surface area contributed by atoms with Gasteiger partial charge in [-0.05, 0) is 38.5 Å². The van der Waals surface area contributed by atoms with Crippen LogP contribution in [-0.2, 0) is 0 Å². The van der Waals surface area contributed by atoms with Gasteiger partial charge in [-0.1, -0.05) is 62.6 Å². The third-order valence-corrected chi connectivity index (χ3v) is 4.62. The van der Waals surface area contributed by atoms with Crippen molar-refractivity contribution < 1.29 is 19.7 Å². The second-order valence-corrected chi connectivity index (χ2v) is 7.07. The quantitative estimate of drug-likeness (QED) is 0.191. The SMILES string of the molecule is CC/C=C\C/C=C\C/C=C\CCCCCCCC(=O)c1c(O)cc(O)cc1OC. The van der Waals surface area contributed by atoms with Gasteiger partial charge in [0, 0.05) is 18.6 Å². The fraction of sp³-hybridized carbons (Fsp3) is 0.480. The van der Waals surface area contributed by atoms with Gasteiger partial charge >= 0.3 is 0 Å². The standard InChI is InChI=1S/C25H36O4/c1-3-4-5-6-7-8-9-10-11-12-13-14-15-16-17-18-22(27)25-23(28)19-21(26)20-24(25)29-2/h4-5,7-8,10-11,19-20,26,28H,3,6,9,12-18H2,1-2H3/b5-4-,8-7-,11-10-. The van der Waals surface area contributed by atoms with Crippen LogP contribution < -0.4 is 4.74 Å². The Morgan fingerprint density at radius 1 is 0.897 bits per heavy atom. The van der Waals surface area contributed by atoms with Gasteiger partial charge in [-0.2, -0.15) is 0 Å². The predicted molar refractivity (Wildman–Crippen MR) is 120 cm³/mol. The lowest BCUT2D eigenvalue weighted by molar-refractivity contribution is 0.0973. The molecule has 0 bridgehead atoms. The summed E-state index contributed by atoms with van der Waals surface area (Å²) in [6, 6.07) is 2.52. The second kappa shape index (κ2) is 15.4. The number of Topliss-reactive ketones (excluding diaryl/α,β-unsaturated/α-hetero) is 1. The molecule has 1 aromatic rings. The van der Waals surface area contributed by atoms with Crippen molar-refractivity contribution in [1.29, 1.82) is 0 Å². The lowest BCUT2D eigenvalue weighted by Crippen LogP contribution is -2.03. The lowest BCUT2D eigenvalue weighted by atomic mass is 10.0. The van der Waals surface area contributed by atoms with Gasteiger partial charge in [0.1, 0.15) is 22.8 Å². The molecule has 0 amide bonds. The zero-order chi connectivity index (χ0) is 21.3. The Morgan fingerprint density at radius 2 is 1.52 bits per heavy atom. The summed E-state index contributed by atoms with van der Waals surface area (Å²) < 4.78 is 5.10. The molecule has 0 saturated heterocycles. The molecule has 1 rings (SSSR count). The number of carbonyl (C=O) groups excluding carboxylic acids is 1. The fourth-order valence-corrected chi connectivity index (χ4v) is 3.06. The Labute approximate surface area is 175 Å². The summed E-state index contributed by atoms with van der Waals surface area (Å²) in [6.07, 6.45) is 23.0. The van der Waals surface area contributed by atoms with Gasteiger partial charge in [0.2, 0.25) is 0 Å². The number of ether oxygens (including phenoxy) is 1. The Hall–Kier alpha value is -2.49. The van der Waals surface area contributed by atoms with Crippen molar-refractivity contribution in [3.63, 3.8) is 0 Å². The third-order valence-electron chi connectivity index (χ3n) is 4.62.